The standard InChI is InChI=1S/C16H21ClN4O3S.C16H11ClN4.C16H20ClN3O.C14H16ClN5O.C14H15ClN4/c1-25(22,23)21-6-7-24-16(11-21)2-4-20(5-3-16)15-9-12(17)8-14-13(15)10-18-19-14;17-12-6-14(15-9-18-20-16(15)7-12)11-8-19-21(10-11)13-4-2-1-3-5-13;1-10(21)20-5-4-11(8-16(20,2)3)13-6-12(17)7-15-14(13)9-18-19-15;15-9-5-11-10(7-18-19-11)12(6-9)20-3-1-14(2-4-20)13(21)16-8-17-14;1-9(2)7-19-8-10(5-17-19)12-3-11(15)4-14-13(12)6-16-18-14/h8-10H,2-7,11H2,1H3,(H,18,19);1-10H,(H,18,20);6-7,9,11H,4-5,8H2,1-3H3,(H,18,19);5-7,17H,1-4,8H2,(H,16,21)(H,18,19);3-6,8-9H,7H2,1-2H3,(H,16,18). The van der Waals surface area contributed by atoms with Gasteiger partial charge in [-0.05, 0) is 154 Å². The third-order valence-electron chi connectivity index (χ3n) is 20.8. The molecule has 558 valence electrons. The number of benzene rings is 6. The van der Waals surface area contributed by atoms with Crippen LogP contribution in [0.3, 0.4) is 0 Å². The molecule has 2 amide bonds. The smallest absolute Gasteiger partial charge is 0.241 e. The number of morpholine rings is 1. The number of hydrogen-bond donors (Lipinski definition) is 7. The highest BCUT2D eigenvalue weighted by Gasteiger charge is 2.45. The molecule has 5 aliphatic heterocycles. The van der Waals surface area contributed by atoms with Crippen LogP contribution in [-0.4, -0.2) is 182 Å². The molecule has 6 aromatic carbocycles. The maximum atomic E-state index is 12.0. The van der Waals surface area contributed by atoms with Gasteiger partial charge in [0, 0.05) is 152 Å². The summed E-state index contributed by atoms with van der Waals surface area (Å²) >= 11 is 31.0. The summed E-state index contributed by atoms with van der Waals surface area (Å²) in [6.45, 7) is 17.1. The lowest BCUT2D eigenvalue weighted by Crippen LogP contribution is -2.57. The summed E-state index contributed by atoms with van der Waals surface area (Å²) < 4.78 is 35.2. The fourth-order valence-corrected chi connectivity index (χ4v) is 17.4. The van der Waals surface area contributed by atoms with E-state index in [0.717, 1.165) is 177 Å². The van der Waals surface area contributed by atoms with Crippen molar-refractivity contribution in [2.45, 2.75) is 102 Å². The summed E-state index contributed by atoms with van der Waals surface area (Å²) in [5, 5.41) is 59.1. The Morgan fingerprint density at radius 2 is 1.08 bits per heavy atom. The van der Waals surface area contributed by atoms with Crippen molar-refractivity contribution in [1.29, 1.82) is 0 Å². The normalized spacial score (nSPS) is 17.8. The minimum absolute atomic E-state index is 0.127. The van der Waals surface area contributed by atoms with Crippen molar-refractivity contribution < 1.29 is 22.7 Å². The zero-order valence-corrected chi connectivity index (χ0v) is 64.6. The lowest BCUT2D eigenvalue weighted by Gasteiger charge is -2.47. The predicted molar refractivity (Wildman–Crippen MR) is 424 cm³/mol. The molecule has 0 bridgehead atoms. The second-order valence-electron chi connectivity index (χ2n) is 29.0. The molecule has 5 saturated heterocycles. The fraction of sp³-hybridized carbons (Fsp3) is 0.355. The van der Waals surface area contributed by atoms with E-state index < -0.39 is 10.0 Å². The number of piperidine rings is 3. The maximum absolute atomic E-state index is 12.0. The van der Waals surface area contributed by atoms with E-state index in [2.05, 4.69) is 116 Å². The van der Waals surface area contributed by atoms with Crippen molar-refractivity contribution in [1.82, 2.24) is 90.4 Å². The number of H-pyrrole nitrogens is 5. The van der Waals surface area contributed by atoms with Crippen LogP contribution in [-0.2, 0) is 30.9 Å². The molecule has 1 atom stereocenters. The number of fused-ring (bicyclic) bond motifs is 5. The van der Waals surface area contributed by atoms with Gasteiger partial charge in [0.05, 0.1) is 102 Å². The highest BCUT2D eigenvalue weighted by atomic mass is 35.5. The average molecular weight is 1570 g/mol. The zero-order valence-electron chi connectivity index (χ0n) is 60.0. The first-order valence-electron chi connectivity index (χ1n) is 35.5. The Kier molecular flexibility index (Phi) is 21.8. The summed E-state index contributed by atoms with van der Waals surface area (Å²) in [6, 6.07) is 29.3. The number of likely N-dealkylation sites (tertiary alicyclic amines) is 1. The topological polar surface area (TPSA) is 294 Å². The maximum Gasteiger partial charge on any atom is 0.241 e. The molecule has 25 nitrogen and oxygen atoms in total. The third-order valence-corrected chi connectivity index (χ3v) is 23.1. The first-order chi connectivity index (χ1) is 51.4. The summed E-state index contributed by atoms with van der Waals surface area (Å²) in [5.74, 6) is 1.25. The summed E-state index contributed by atoms with van der Waals surface area (Å²) in [5.41, 5.74) is 12.4. The van der Waals surface area contributed by atoms with Gasteiger partial charge < -0.3 is 24.8 Å². The first-order valence-corrected chi connectivity index (χ1v) is 39.3. The molecule has 31 heteroatoms. The lowest BCUT2D eigenvalue weighted by molar-refractivity contribution is -0.136. The number of aromatic amines is 5. The predicted octanol–water partition coefficient (Wildman–Crippen LogP) is 14.6. The highest BCUT2D eigenvalue weighted by Crippen LogP contribution is 2.43. The van der Waals surface area contributed by atoms with Gasteiger partial charge in [0.2, 0.25) is 21.8 Å². The SMILES string of the molecule is CC(=O)N1CCC(c2cc(Cl)cc3[nH]ncc23)CC1(C)C.CC(C)Cn1cc(-c2cc(Cl)cc3[nH]ncc23)cn1.CS(=O)(=O)N1CCOC2(CCN(c3cc(Cl)cc4[nH]ncc34)CC2)C1.Clc1cc(-c2cnn(-c3ccccc3)c2)c2cn[nH]c2c1.O=C1NCNC12CCN(c1cc(Cl)cc3[nH]ncc13)CC2. The molecule has 0 radical (unpaired) electrons. The molecular weight excluding hydrogens is 1480 g/mol. The van der Waals surface area contributed by atoms with Gasteiger partial charge in [-0.25, -0.2) is 13.1 Å². The number of amides is 2. The van der Waals surface area contributed by atoms with E-state index in [1.807, 2.05) is 149 Å². The van der Waals surface area contributed by atoms with Crippen LogP contribution in [0.15, 0.2) is 147 Å². The van der Waals surface area contributed by atoms with Gasteiger partial charge in [0.1, 0.15) is 5.54 Å². The molecule has 18 rings (SSSR count). The Labute approximate surface area is 643 Å². The second kappa shape index (κ2) is 31.2. The number of halogens is 5. The minimum atomic E-state index is -3.18. The van der Waals surface area contributed by atoms with E-state index in [1.54, 1.807) is 17.4 Å². The highest BCUT2D eigenvalue weighted by molar-refractivity contribution is 7.88. The van der Waals surface area contributed by atoms with Crippen LogP contribution >= 0.6 is 58.0 Å². The quantitative estimate of drug-likeness (QED) is 0.0707. The molecule has 0 aliphatic carbocycles. The zero-order chi connectivity index (χ0) is 74.9. The number of sulfonamides is 1. The molecule has 7 aromatic heterocycles. The average Bonchev–Trinajstić information content (AvgIpc) is 1.73. The van der Waals surface area contributed by atoms with Crippen LogP contribution in [0.4, 0.5) is 11.4 Å². The Bertz CT molecular complexity index is 5460. The minimum Gasteiger partial charge on any atom is -0.372 e. The van der Waals surface area contributed by atoms with Crippen LogP contribution < -0.4 is 20.4 Å². The van der Waals surface area contributed by atoms with Crippen LogP contribution in [0.1, 0.15) is 84.6 Å². The van der Waals surface area contributed by atoms with Gasteiger partial charge in [-0.1, -0.05) is 90.1 Å². The molecule has 1 unspecified atom stereocenters. The van der Waals surface area contributed by atoms with Gasteiger partial charge in [0.15, 0.2) is 0 Å². The number of carbonyl (C=O) groups is 2. The molecule has 5 aliphatic rings. The number of para-hydroxylation sites is 1. The molecule has 7 N–H and O–H groups in total. The molecular formula is C76H83Cl5N20O5S. The number of nitrogens with zero attached hydrogens (tertiary/aromatic N) is 13. The van der Waals surface area contributed by atoms with Crippen molar-refractivity contribution in [2.24, 2.45) is 5.92 Å². The van der Waals surface area contributed by atoms with Crippen molar-refractivity contribution in [3.63, 3.8) is 0 Å². The number of anilines is 2. The number of aromatic nitrogens is 14. The van der Waals surface area contributed by atoms with Crippen molar-refractivity contribution in [3.05, 3.63) is 177 Å². The largest absolute Gasteiger partial charge is 0.372 e. The first kappa shape index (κ1) is 74.8. The van der Waals surface area contributed by atoms with E-state index in [1.165, 1.54) is 11.8 Å². The van der Waals surface area contributed by atoms with Gasteiger partial charge >= 0.3 is 0 Å². The Balaban J connectivity index is 0.000000112. The summed E-state index contributed by atoms with van der Waals surface area (Å²) in [7, 11) is -3.18. The van der Waals surface area contributed by atoms with Gasteiger partial charge in [-0.15, -0.1) is 0 Å². The molecule has 13 aromatic rings. The Morgan fingerprint density at radius 3 is 1.60 bits per heavy atom. The van der Waals surface area contributed by atoms with Gasteiger partial charge in [0.25, 0.3) is 0 Å². The third kappa shape index (κ3) is 16.5. The van der Waals surface area contributed by atoms with Crippen LogP contribution in [0.5, 0.6) is 0 Å². The van der Waals surface area contributed by atoms with Crippen molar-refractivity contribution in [3.8, 4) is 27.9 Å². The Morgan fingerprint density at radius 1 is 0.598 bits per heavy atom. The van der Waals surface area contributed by atoms with Crippen LogP contribution in [0.2, 0.25) is 25.1 Å². The number of carbonyl (C=O) groups excluding carboxylic acids is 2. The number of ether oxygens (including phenoxy) is 1. The lowest BCUT2D eigenvalue weighted by atomic mass is 9.78. The molecule has 12 heterocycles. The van der Waals surface area contributed by atoms with Crippen molar-refractivity contribution in [2.75, 3.05) is 75.1 Å². The molecule has 0 saturated carbocycles. The van der Waals surface area contributed by atoms with E-state index in [4.69, 9.17) is 62.7 Å². The van der Waals surface area contributed by atoms with E-state index >= 15 is 0 Å². The summed E-state index contributed by atoms with van der Waals surface area (Å²) in [4.78, 5) is 30.3. The molecule has 107 heavy (non-hydrogen) atoms. The fourth-order valence-electron chi connectivity index (χ4n) is 15.4. The molecule has 5 fully saturated rings. The second-order valence-corrected chi connectivity index (χ2v) is 33.1. The van der Waals surface area contributed by atoms with E-state index in [-0.39, 0.29) is 28.5 Å². The van der Waals surface area contributed by atoms with E-state index in [0.29, 0.717) is 58.3 Å². The number of nitrogens with one attached hydrogen (secondary N) is 7. The van der Waals surface area contributed by atoms with Crippen LogP contribution in [0, 0.1) is 5.92 Å². The summed E-state index contributed by atoms with van der Waals surface area (Å²) in [6.07, 6.45) is 23.2. The van der Waals surface area contributed by atoms with Gasteiger partial charge in [-0.3, -0.25) is 45.1 Å². The van der Waals surface area contributed by atoms with Crippen LogP contribution in [0.25, 0.3) is 82.5 Å². The number of hydrogen-bond acceptors (Lipinski definition) is 15. The Hall–Kier alpha value is -9.09. The number of rotatable bonds is 9. The van der Waals surface area contributed by atoms with Gasteiger partial charge in [-0.2, -0.15) is 40.0 Å². The molecule has 2 spiro atoms. The van der Waals surface area contributed by atoms with Crippen molar-refractivity contribution >= 4 is 146 Å². The van der Waals surface area contributed by atoms with E-state index in [9.17, 15) is 18.0 Å². The monoisotopic (exact) mass is 1560 g/mol.